The van der Waals surface area contributed by atoms with E-state index >= 15 is 0 Å². The summed E-state index contributed by atoms with van der Waals surface area (Å²) in [7, 11) is 1.81. The minimum atomic E-state index is -0.0667. The Hall–Kier alpha value is -1.92. The maximum Gasteiger partial charge on any atom is 0.260 e. The normalized spacial score (nSPS) is 12.2. The zero-order chi connectivity index (χ0) is 18.8. The van der Waals surface area contributed by atoms with Crippen LogP contribution < -0.4 is 4.74 Å². The Labute approximate surface area is 165 Å². The molecule has 1 atom stereocenters. The number of halogens is 1. The fourth-order valence-electron chi connectivity index (χ4n) is 2.89. The summed E-state index contributed by atoms with van der Waals surface area (Å²) < 4.78 is 6.67. The predicted octanol–water partition coefficient (Wildman–Crippen LogP) is 5.27. The summed E-state index contributed by atoms with van der Waals surface area (Å²) in [6.45, 7) is 5.98. The van der Waals surface area contributed by atoms with Crippen LogP contribution in [0.3, 0.4) is 0 Å². The van der Waals surface area contributed by atoms with Crippen LogP contribution in [0, 0.1) is 13.8 Å². The van der Waals surface area contributed by atoms with Crippen LogP contribution in [0.5, 0.6) is 5.75 Å². The summed E-state index contributed by atoms with van der Waals surface area (Å²) >= 11 is 5.22. The molecular formula is C20H21BrN2O2S. The van der Waals surface area contributed by atoms with Crippen LogP contribution >= 0.6 is 27.3 Å². The Morgan fingerprint density at radius 3 is 2.69 bits per heavy atom. The maximum absolute atomic E-state index is 12.6. The van der Waals surface area contributed by atoms with E-state index in [4.69, 9.17) is 4.74 Å². The highest BCUT2D eigenvalue weighted by Gasteiger charge is 2.22. The molecule has 0 aliphatic carbocycles. The van der Waals surface area contributed by atoms with Gasteiger partial charge in [-0.15, -0.1) is 11.3 Å². The molecule has 1 unspecified atom stereocenters. The Bertz CT molecular complexity index is 954. The highest BCUT2D eigenvalue weighted by atomic mass is 79.9. The molecule has 0 radical (unpaired) electrons. The number of carbonyl (C=O) groups is 1. The number of amides is 1. The van der Waals surface area contributed by atoms with Gasteiger partial charge in [0.1, 0.15) is 5.75 Å². The van der Waals surface area contributed by atoms with E-state index in [9.17, 15) is 4.79 Å². The third-order valence-corrected chi connectivity index (χ3v) is 6.53. The number of nitrogens with zero attached hydrogens (tertiary/aromatic N) is 2. The number of hydrogen-bond acceptors (Lipinski definition) is 4. The molecule has 0 bridgehead atoms. The van der Waals surface area contributed by atoms with Gasteiger partial charge in [-0.05, 0) is 53.5 Å². The molecular weight excluding hydrogens is 412 g/mol. The Balaban J connectivity index is 1.70. The first-order valence-electron chi connectivity index (χ1n) is 8.38. The van der Waals surface area contributed by atoms with E-state index in [1.807, 2.05) is 57.2 Å². The molecule has 6 heteroatoms. The third kappa shape index (κ3) is 3.76. The molecule has 1 aromatic heterocycles. The van der Waals surface area contributed by atoms with Crippen LogP contribution in [-0.4, -0.2) is 29.4 Å². The van der Waals surface area contributed by atoms with Crippen molar-refractivity contribution in [1.82, 2.24) is 9.88 Å². The molecule has 3 aromatic rings. The van der Waals surface area contributed by atoms with E-state index in [2.05, 4.69) is 20.9 Å². The van der Waals surface area contributed by atoms with E-state index in [-0.39, 0.29) is 18.6 Å². The van der Waals surface area contributed by atoms with Gasteiger partial charge >= 0.3 is 0 Å². The quantitative estimate of drug-likeness (QED) is 0.550. The molecule has 0 fully saturated rings. The molecule has 0 saturated heterocycles. The summed E-state index contributed by atoms with van der Waals surface area (Å²) in [5.41, 5.74) is 0.984. The lowest BCUT2D eigenvalue weighted by molar-refractivity contribution is -0.133. The summed E-state index contributed by atoms with van der Waals surface area (Å²) in [6, 6.07) is 11.9. The number of carbonyl (C=O) groups excluding carboxylic acids is 1. The first kappa shape index (κ1) is 18.9. The van der Waals surface area contributed by atoms with Crippen molar-refractivity contribution in [3.63, 3.8) is 0 Å². The zero-order valence-electron chi connectivity index (χ0n) is 15.2. The highest BCUT2D eigenvalue weighted by Crippen LogP contribution is 2.33. The molecule has 0 aliphatic heterocycles. The van der Waals surface area contributed by atoms with Gasteiger partial charge in [-0.2, -0.15) is 0 Å². The number of aryl methyl sites for hydroxylation is 2. The lowest BCUT2D eigenvalue weighted by Gasteiger charge is -2.24. The fraction of sp³-hybridized carbons (Fsp3) is 0.300. The number of thiazole rings is 1. The number of aromatic nitrogens is 1. The fourth-order valence-corrected chi connectivity index (χ4v) is 4.52. The first-order valence-corrected chi connectivity index (χ1v) is 9.99. The van der Waals surface area contributed by atoms with Gasteiger partial charge in [-0.25, -0.2) is 4.98 Å². The van der Waals surface area contributed by atoms with E-state index in [0.29, 0.717) is 5.75 Å². The van der Waals surface area contributed by atoms with Gasteiger partial charge in [0.05, 0.1) is 21.2 Å². The maximum atomic E-state index is 12.6. The SMILES string of the molecule is Cc1nc(C)c(C(C)N(C)C(=O)COc2ccc3ccccc3c2Br)s1. The van der Waals surface area contributed by atoms with Crippen molar-refractivity contribution in [2.45, 2.75) is 26.8 Å². The molecule has 0 N–H and O–H groups in total. The number of benzene rings is 2. The van der Waals surface area contributed by atoms with Crippen molar-refractivity contribution in [3.8, 4) is 5.75 Å². The van der Waals surface area contributed by atoms with Crippen molar-refractivity contribution in [1.29, 1.82) is 0 Å². The standard InChI is InChI=1S/C20H21BrN2O2S/c1-12-20(26-14(3)22-12)13(2)23(4)18(24)11-25-17-10-9-15-7-5-6-8-16(15)19(17)21/h5-10,13H,11H2,1-4H3. The second-order valence-electron chi connectivity index (χ2n) is 6.25. The van der Waals surface area contributed by atoms with Crippen LogP contribution in [-0.2, 0) is 4.79 Å². The van der Waals surface area contributed by atoms with Gasteiger partial charge < -0.3 is 9.64 Å². The highest BCUT2D eigenvalue weighted by molar-refractivity contribution is 9.10. The van der Waals surface area contributed by atoms with E-state index in [0.717, 1.165) is 30.8 Å². The van der Waals surface area contributed by atoms with Gasteiger partial charge in [0, 0.05) is 11.9 Å². The Morgan fingerprint density at radius 2 is 2.00 bits per heavy atom. The van der Waals surface area contributed by atoms with Gasteiger partial charge in [0.15, 0.2) is 6.61 Å². The van der Waals surface area contributed by atoms with Crippen molar-refractivity contribution in [2.75, 3.05) is 13.7 Å². The molecule has 3 rings (SSSR count). The summed E-state index contributed by atoms with van der Waals surface area (Å²) in [5.74, 6) is 0.603. The van der Waals surface area contributed by atoms with Crippen LogP contribution in [0.25, 0.3) is 10.8 Å². The number of rotatable bonds is 5. The number of hydrogen-bond donors (Lipinski definition) is 0. The minimum absolute atomic E-state index is 0.00534. The van der Waals surface area contributed by atoms with Crippen LogP contribution in [0.4, 0.5) is 0 Å². The smallest absolute Gasteiger partial charge is 0.260 e. The van der Waals surface area contributed by atoms with Crippen LogP contribution in [0.15, 0.2) is 40.9 Å². The molecule has 4 nitrogen and oxygen atoms in total. The molecule has 136 valence electrons. The first-order chi connectivity index (χ1) is 12.4. The number of ether oxygens (including phenoxy) is 1. The second kappa shape index (κ2) is 7.76. The Morgan fingerprint density at radius 1 is 1.27 bits per heavy atom. The molecule has 0 spiro atoms. The summed E-state index contributed by atoms with van der Waals surface area (Å²) in [6.07, 6.45) is 0. The Kier molecular flexibility index (Phi) is 5.63. The van der Waals surface area contributed by atoms with Crippen molar-refractivity contribution >= 4 is 43.9 Å². The van der Waals surface area contributed by atoms with E-state index in [1.54, 1.807) is 23.3 Å². The van der Waals surface area contributed by atoms with Crippen LogP contribution in [0.2, 0.25) is 0 Å². The van der Waals surface area contributed by atoms with Gasteiger partial charge in [0.2, 0.25) is 0 Å². The molecule has 0 saturated carbocycles. The molecule has 1 amide bonds. The second-order valence-corrected chi connectivity index (χ2v) is 8.28. The number of fused-ring (bicyclic) bond motifs is 1. The monoisotopic (exact) mass is 432 g/mol. The van der Waals surface area contributed by atoms with Crippen molar-refractivity contribution in [3.05, 3.63) is 56.4 Å². The molecule has 2 aromatic carbocycles. The topological polar surface area (TPSA) is 42.4 Å². The average molecular weight is 433 g/mol. The van der Waals surface area contributed by atoms with Crippen LogP contribution in [0.1, 0.15) is 28.5 Å². The van der Waals surface area contributed by atoms with E-state index < -0.39 is 0 Å². The lowest BCUT2D eigenvalue weighted by Crippen LogP contribution is -2.33. The predicted molar refractivity (Wildman–Crippen MR) is 110 cm³/mol. The van der Waals surface area contributed by atoms with E-state index in [1.165, 1.54) is 0 Å². The molecule has 1 heterocycles. The largest absolute Gasteiger partial charge is 0.483 e. The summed E-state index contributed by atoms with van der Waals surface area (Å²) in [5, 5.41) is 3.20. The van der Waals surface area contributed by atoms with Crippen molar-refractivity contribution in [2.24, 2.45) is 0 Å². The third-order valence-electron chi connectivity index (χ3n) is 4.47. The van der Waals surface area contributed by atoms with Gasteiger partial charge in [-0.3, -0.25) is 4.79 Å². The van der Waals surface area contributed by atoms with Crippen molar-refractivity contribution < 1.29 is 9.53 Å². The minimum Gasteiger partial charge on any atom is -0.483 e. The zero-order valence-corrected chi connectivity index (χ0v) is 17.6. The lowest BCUT2D eigenvalue weighted by atomic mass is 10.1. The number of likely N-dealkylation sites (N-methyl/N-ethyl adjacent to an activating group) is 1. The van der Waals surface area contributed by atoms with Gasteiger partial charge in [0.25, 0.3) is 5.91 Å². The van der Waals surface area contributed by atoms with Gasteiger partial charge in [-0.1, -0.05) is 30.3 Å². The molecule has 26 heavy (non-hydrogen) atoms. The molecule has 0 aliphatic rings. The average Bonchev–Trinajstić information content (AvgIpc) is 2.98. The summed E-state index contributed by atoms with van der Waals surface area (Å²) in [4.78, 5) is 19.9.